The first-order valence-corrected chi connectivity index (χ1v) is 5.47. The first-order valence-electron chi connectivity index (χ1n) is 4.21. The Labute approximate surface area is 95.0 Å². The monoisotopic (exact) mass is 243 g/mol. The lowest BCUT2D eigenvalue weighted by atomic mass is 10.2. The second-order valence-electron chi connectivity index (χ2n) is 2.93. The van der Waals surface area contributed by atoms with Gasteiger partial charge in [-0.1, -0.05) is 11.6 Å². The van der Waals surface area contributed by atoms with Gasteiger partial charge in [-0.25, -0.2) is 9.37 Å². The molecule has 15 heavy (non-hydrogen) atoms. The number of rotatable bonds is 2. The number of aliphatic hydroxyl groups is 1. The summed E-state index contributed by atoms with van der Waals surface area (Å²) in [5.74, 6) is -0.445. The minimum Gasteiger partial charge on any atom is -0.390 e. The number of halogens is 2. The maximum Gasteiger partial charge on any atom is 0.141 e. The Hall–Kier alpha value is -0.970. The molecule has 0 atom stereocenters. The summed E-state index contributed by atoms with van der Waals surface area (Å²) in [6.45, 7) is -0.0918. The Bertz CT molecular complexity index is 486. The summed E-state index contributed by atoms with van der Waals surface area (Å²) in [6.07, 6.45) is 0. The predicted octanol–water partition coefficient (Wildman–Crippen LogP) is 3.09. The second-order valence-corrected chi connectivity index (χ2v) is 4.20. The first kappa shape index (κ1) is 10.5. The van der Waals surface area contributed by atoms with E-state index in [0.717, 1.165) is 10.6 Å². The Morgan fingerprint density at radius 3 is 2.87 bits per heavy atom. The molecule has 0 spiro atoms. The van der Waals surface area contributed by atoms with E-state index in [0.29, 0.717) is 5.69 Å². The number of hydrogen-bond acceptors (Lipinski definition) is 3. The molecule has 5 heteroatoms. The van der Waals surface area contributed by atoms with Gasteiger partial charge < -0.3 is 5.11 Å². The van der Waals surface area contributed by atoms with Gasteiger partial charge in [0, 0.05) is 10.9 Å². The number of thiazole rings is 1. The number of nitrogens with zero attached hydrogens (tertiary/aromatic N) is 1. The lowest BCUT2D eigenvalue weighted by Crippen LogP contribution is -1.83. The summed E-state index contributed by atoms with van der Waals surface area (Å²) in [6, 6.07) is 4.44. The van der Waals surface area contributed by atoms with Crippen molar-refractivity contribution >= 4 is 22.9 Å². The van der Waals surface area contributed by atoms with Gasteiger partial charge in [0.05, 0.1) is 17.3 Å². The molecule has 78 valence electrons. The summed E-state index contributed by atoms with van der Waals surface area (Å²) >= 11 is 7.05. The number of benzene rings is 1. The average Bonchev–Trinajstić information content (AvgIpc) is 2.70. The lowest BCUT2D eigenvalue weighted by Gasteiger charge is -1.98. The van der Waals surface area contributed by atoms with E-state index in [4.69, 9.17) is 16.7 Å². The van der Waals surface area contributed by atoms with Crippen LogP contribution in [0.25, 0.3) is 10.6 Å². The summed E-state index contributed by atoms with van der Waals surface area (Å²) < 4.78 is 12.9. The van der Waals surface area contributed by atoms with Crippen LogP contribution >= 0.6 is 22.9 Å². The molecule has 1 N–H and O–H groups in total. The molecule has 0 fully saturated rings. The van der Waals surface area contributed by atoms with Crippen LogP contribution in [0, 0.1) is 5.82 Å². The smallest absolute Gasteiger partial charge is 0.141 e. The van der Waals surface area contributed by atoms with Crippen molar-refractivity contribution in [1.82, 2.24) is 4.98 Å². The molecule has 1 aromatic carbocycles. The van der Waals surface area contributed by atoms with Crippen molar-refractivity contribution in [2.45, 2.75) is 6.61 Å². The molecule has 0 amide bonds. The van der Waals surface area contributed by atoms with Crippen molar-refractivity contribution in [2.75, 3.05) is 0 Å². The van der Waals surface area contributed by atoms with E-state index in [1.54, 1.807) is 11.4 Å². The van der Waals surface area contributed by atoms with Crippen molar-refractivity contribution in [3.63, 3.8) is 0 Å². The standard InChI is InChI=1S/C10H7ClFNOS/c11-8-3-6(1-2-9(8)12)10-13-7(4-14)5-15-10/h1-3,5,14H,4H2. The Morgan fingerprint density at radius 1 is 1.47 bits per heavy atom. The maximum atomic E-state index is 12.9. The topological polar surface area (TPSA) is 33.1 Å². The van der Waals surface area contributed by atoms with Gasteiger partial charge in [-0.2, -0.15) is 0 Å². The highest BCUT2D eigenvalue weighted by Crippen LogP contribution is 2.27. The molecule has 0 aliphatic carbocycles. The molecular formula is C10H7ClFNOS. The van der Waals surface area contributed by atoms with Crippen LogP contribution in [-0.4, -0.2) is 10.1 Å². The highest BCUT2D eigenvalue weighted by molar-refractivity contribution is 7.13. The molecule has 0 aliphatic rings. The highest BCUT2D eigenvalue weighted by atomic mass is 35.5. The van der Waals surface area contributed by atoms with Gasteiger partial charge in [-0.3, -0.25) is 0 Å². The van der Waals surface area contributed by atoms with E-state index in [-0.39, 0.29) is 11.6 Å². The molecule has 2 nitrogen and oxygen atoms in total. The molecule has 0 aliphatic heterocycles. The van der Waals surface area contributed by atoms with Gasteiger partial charge in [0.1, 0.15) is 10.8 Å². The average molecular weight is 244 g/mol. The summed E-state index contributed by atoms with van der Waals surface area (Å²) in [5, 5.41) is 11.4. The number of aromatic nitrogens is 1. The normalized spacial score (nSPS) is 10.6. The van der Waals surface area contributed by atoms with Crippen LogP contribution in [0.4, 0.5) is 4.39 Å². The third kappa shape index (κ3) is 2.17. The van der Waals surface area contributed by atoms with Gasteiger partial charge >= 0.3 is 0 Å². The fourth-order valence-electron chi connectivity index (χ4n) is 1.14. The van der Waals surface area contributed by atoms with Gasteiger partial charge in [-0.15, -0.1) is 11.3 Å². The number of hydrogen-bond donors (Lipinski definition) is 1. The van der Waals surface area contributed by atoms with Gasteiger partial charge in [0.2, 0.25) is 0 Å². The predicted molar refractivity (Wildman–Crippen MR) is 58.4 cm³/mol. The van der Waals surface area contributed by atoms with E-state index >= 15 is 0 Å². The van der Waals surface area contributed by atoms with Crippen molar-refractivity contribution in [3.8, 4) is 10.6 Å². The van der Waals surface area contributed by atoms with E-state index in [9.17, 15) is 4.39 Å². The van der Waals surface area contributed by atoms with E-state index < -0.39 is 5.82 Å². The molecule has 2 aromatic rings. The van der Waals surface area contributed by atoms with E-state index in [1.165, 1.54) is 23.5 Å². The Morgan fingerprint density at radius 2 is 2.27 bits per heavy atom. The zero-order valence-electron chi connectivity index (χ0n) is 7.58. The minimum atomic E-state index is -0.445. The Kier molecular flexibility index (Phi) is 3.00. The van der Waals surface area contributed by atoms with Crippen LogP contribution in [0.3, 0.4) is 0 Å². The lowest BCUT2D eigenvalue weighted by molar-refractivity contribution is 0.278. The van der Waals surface area contributed by atoms with Crippen LogP contribution in [-0.2, 0) is 6.61 Å². The highest BCUT2D eigenvalue weighted by Gasteiger charge is 2.06. The van der Waals surface area contributed by atoms with Crippen LogP contribution < -0.4 is 0 Å². The maximum absolute atomic E-state index is 12.9. The van der Waals surface area contributed by atoms with Gasteiger partial charge in [0.25, 0.3) is 0 Å². The minimum absolute atomic E-state index is 0.0771. The fraction of sp³-hybridized carbons (Fsp3) is 0.100. The molecule has 2 rings (SSSR count). The molecule has 0 bridgehead atoms. The summed E-state index contributed by atoms with van der Waals surface area (Å²) in [5.41, 5.74) is 1.36. The van der Waals surface area contributed by atoms with Crippen molar-refractivity contribution in [3.05, 3.63) is 40.1 Å². The van der Waals surface area contributed by atoms with Crippen LogP contribution in [0.15, 0.2) is 23.6 Å². The van der Waals surface area contributed by atoms with Crippen molar-refractivity contribution in [1.29, 1.82) is 0 Å². The molecular weight excluding hydrogens is 237 g/mol. The third-order valence-corrected chi connectivity index (χ3v) is 3.11. The zero-order valence-corrected chi connectivity index (χ0v) is 9.15. The SMILES string of the molecule is OCc1csc(-c2ccc(F)c(Cl)c2)n1. The third-order valence-electron chi connectivity index (χ3n) is 1.88. The summed E-state index contributed by atoms with van der Waals surface area (Å²) in [7, 11) is 0. The van der Waals surface area contributed by atoms with E-state index in [1.807, 2.05) is 0 Å². The first-order chi connectivity index (χ1) is 7.20. The molecule has 1 aromatic heterocycles. The Balaban J connectivity index is 2.40. The molecule has 0 saturated carbocycles. The van der Waals surface area contributed by atoms with Crippen molar-refractivity contribution < 1.29 is 9.50 Å². The molecule has 0 unspecified atom stereocenters. The fourth-order valence-corrected chi connectivity index (χ4v) is 2.13. The quantitative estimate of drug-likeness (QED) is 0.879. The van der Waals surface area contributed by atoms with Gasteiger partial charge in [-0.05, 0) is 18.2 Å². The van der Waals surface area contributed by atoms with Gasteiger partial charge in [0.15, 0.2) is 0 Å². The molecule has 1 heterocycles. The molecule has 0 saturated heterocycles. The van der Waals surface area contributed by atoms with Crippen LogP contribution in [0.5, 0.6) is 0 Å². The summed E-state index contributed by atoms with van der Waals surface area (Å²) in [4.78, 5) is 4.16. The zero-order chi connectivity index (χ0) is 10.8. The van der Waals surface area contributed by atoms with E-state index in [2.05, 4.69) is 4.98 Å². The largest absolute Gasteiger partial charge is 0.390 e. The molecule has 0 radical (unpaired) electrons. The number of aliphatic hydroxyl groups excluding tert-OH is 1. The second kappa shape index (κ2) is 4.26. The van der Waals surface area contributed by atoms with Crippen LogP contribution in [0.1, 0.15) is 5.69 Å². The van der Waals surface area contributed by atoms with Crippen LogP contribution in [0.2, 0.25) is 5.02 Å². The van der Waals surface area contributed by atoms with Crippen molar-refractivity contribution in [2.24, 2.45) is 0 Å².